The molecule has 3 aromatic rings. The van der Waals surface area contributed by atoms with Crippen molar-refractivity contribution < 1.29 is 13.6 Å². The van der Waals surface area contributed by atoms with Gasteiger partial charge in [-0.3, -0.25) is 9.78 Å². The van der Waals surface area contributed by atoms with Crippen LogP contribution in [0.15, 0.2) is 66.9 Å². The number of halogens is 2. The Hall–Kier alpha value is -3.08. The van der Waals surface area contributed by atoms with Crippen LogP contribution < -0.4 is 5.32 Å². The molecule has 5 heteroatoms. The predicted molar refractivity (Wildman–Crippen MR) is 107 cm³/mol. The fourth-order valence-corrected chi connectivity index (χ4v) is 3.48. The number of hydrogen-bond acceptors (Lipinski definition) is 2. The minimum atomic E-state index is -1.01. The predicted octanol–water partition coefficient (Wildman–Crippen LogP) is 5.21. The molecule has 2 aromatic carbocycles. The third-order valence-corrected chi connectivity index (χ3v) is 4.55. The SMILES string of the molecule is C=C(C)C[C@@](C)(Cc1ccccc1)NC(=O)c1cnc2c(F)c(F)ccc2c1. The third-order valence-electron chi connectivity index (χ3n) is 4.55. The maximum atomic E-state index is 13.8. The van der Waals surface area contributed by atoms with Crippen LogP contribution >= 0.6 is 0 Å². The molecule has 0 radical (unpaired) electrons. The van der Waals surface area contributed by atoms with E-state index in [2.05, 4.69) is 16.9 Å². The number of pyridine rings is 1. The Bertz CT molecular complexity index is 1030. The van der Waals surface area contributed by atoms with Gasteiger partial charge in [0.25, 0.3) is 5.91 Å². The number of amides is 1. The minimum absolute atomic E-state index is 0.0921. The van der Waals surface area contributed by atoms with E-state index in [9.17, 15) is 13.6 Å². The van der Waals surface area contributed by atoms with Crippen LogP contribution in [0.4, 0.5) is 8.78 Å². The van der Waals surface area contributed by atoms with Crippen molar-refractivity contribution in [2.75, 3.05) is 0 Å². The molecule has 1 aromatic heterocycles. The Morgan fingerprint density at radius 1 is 1.18 bits per heavy atom. The van der Waals surface area contributed by atoms with Crippen LogP contribution in [0.2, 0.25) is 0 Å². The van der Waals surface area contributed by atoms with Gasteiger partial charge < -0.3 is 5.32 Å². The molecule has 144 valence electrons. The second-order valence-electron chi connectivity index (χ2n) is 7.47. The Labute approximate surface area is 163 Å². The molecule has 0 saturated heterocycles. The summed E-state index contributed by atoms with van der Waals surface area (Å²) < 4.78 is 27.2. The Morgan fingerprint density at radius 2 is 1.89 bits per heavy atom. The van der Waals surface area contributed by atoms with E-state index in [4.69, 9.17) is 0 Å². The van der Waals surface area contributed by atoms with Crippen molar-refractivity contribution in [3.05, 3.63) is 89.6 Å². The average molecular weight is 380 g/mol. The van der Waals surface area contributed by atoms with E-state index in [1.54, 1.807) is 0 Å². The number of carbonyl (C=O) groups excluding carboxylic acids is 1. The largest absolute Gasteiger partial charge is 0.346 e. The Balaban J connectivity index is 1.88. The lowest BCUT2D eigenvalue weighted by atomic mass is 9.86. The van der Waals surface area contributed by atoms with E-state index in [1.165, 1.54) is 18.3 Å². The normalized spacial score (nSPS) is 13.1. The van der Waals surface area contributed by atoms with Gasteiger partial charge in [0, 0.05) is 17.1 Å². The maximum Gasteiger partial charge on any atom is 0.253 e. The second-order valence-corrected chi connectivity index (χ2v) is 7.47. The van der Waals surface area contributed by atoms with Gasteiger partial charge in [0.15, 0.2) is 11.6 Å². The zero-order valence-electron chi connectivity index (χ0n) is 15.9. The molecule has 1 amide bonds. The first-order chi connectivity index (χ1) is 13.3. The molecule has 0 aliphatic rings. The van der Waals surface area contributed by atoms with Gasteiger partial charge in [-0.2, -0.15) is 0 Å². The van der Waals surface area contributed by atoms with E-state index < -0.39 is 17.2 Å². The molecule has 1 N–H and O–H groups in total. The van der Waals surface area contributed by atoms with Crippen LogP contribution in [0.1, 0.15) is 36.2 Å². The molecule has 0 spiro atoms. The van der Waals surface area contributed by atoms with Gasteiger partial charge in [-0.1, -0.05) is 35.9 Å². The van der Waals surface area contributed by atoms with Crippen molar-refractivity contribution in [3.8, 4) is 0 Å². The summed E-state index contributed by atoms with van der Waals surface area (Å²) in [5, 5.41) is 3.44. The molecule has 0 aliphatic carbocycles. The summed E-state index contributed by atoms with van der Waals surface area (Å²) in [6.07, 6.45) is 2.51. The van der Waals surface area contributed by atoms with Crippen LogP contribution in [0.25, 0.3) is 10.9 Å². The highest BCUT2D eigenvalue weighted by Gasteiger charge is 2.27. The van der Waals surface area contributed by atoms with E-state index in [0.29, 0.717) is 23.8 Å². The molecule has 3 nitrogen and oxygen atoms in total. The highest BCUT2D eigenvalue weighted by Crippen LogP contribution is 2.23. The molecule has 1 heterocycles. The van der Waals surface area contributed by atoms with E-state index >= 15 is 0 Å². The quantitative estimate of drug-likeness (QED) is 0.597. The van der Waals surface area contributed by atoms with Gasteiger partial charge in [-0.15, -0.1) is 6.58 Å². The number of nitrogens with one attached hydrogen (secondary N) is 1. The zero-order chi connectivity index (χ0) is 20.3. The first-order valence-electron chi connectivity index (χ1n) is 9.02. The Kier molecular flexibility index (Phi) is 5.54. The first kappa shape index (κ1) is 19.7. The average Bonchev–Trinajstić information content (AvgIpc) is 2.64. The van der Waals surface area contributed by atoms with Crippen LogP contribution in [0.3, 0.4) is 0 Å². The van der Waals surface area contributed by atoms with Gasteiger partial charge >= 0.3 is 0 Å². The van der Waals surface area contributed by atoms with Crippen molar-refractivity contribution in [3.63, 3.8) is 0 Å². The van der Waals surface area contributed by atoms with Crippen molar-refractivity contribution >= 4 is 16.8 Å². The minimum Gasteiger partial charge on any atom is -0.346 e. The van der Waals surface area contributed by atoms with Gasteiger partial charge in [0.1, 0.15) is 5.52 Å². The highest BCUT2D eigenvalue weighted by atomic mass is 19.2. The highest BCUT2D eigenvalue weighted by molar-refractivity contribution is 5.97. The topological polar surface area (TPSA) is 42.0 Å². The van der Waals surface area contributed by atoms with Crippen molar-refractivity contribution in [2.45, 2.75) is 32.2 Å². The first-order valence-corrected chi connectivity index (χ1v) is 9.02. The molecule has 1 atom stereocenters. The molecular weight excluding hydrogens is 358 g/mol. The summed E-state index contributed by atoms with van der Waals surface area (Å²) in [5.74, 6) is -2.30. The number of carbonyl (C=O) groups is 1. The summed E-state index contributed by atoms with van der Waals surface area (Å²) in [6.45, 7) is 7.87. The van der Waals surface area contributed by atoms with Crippen molar-refractivity contribution in [1.82, 2.24) is 10.3 Å². The molecule has 0 fully saturated rings. The van der Waals surface area contributed by atoms with Crippen LogP contribution in [-0.4, -0.2) is 16.4 Å². The van der Waals surface area contributed by atoms with Crippen LogP contribution in [0.5, 0.6) is 0 Å². The standard InChI is InChI=1S/C23H22F2N2O/c1-15(2)12-23(3,13-16-7-5-4-6-8-16)27-22(28)18-11-17-9-10-19(24)20(25)21(17)26-14-18/h4-11,14H,1,12-13H2,2-3H3,(H,27,28)/t23-/m0/s1. The van der Waals surface area contributed by atoms with Gasteiger partial charge in [-0.25, -0.2) is 8.78 Å². The smallest absolute Gasteiger partial charge is 0.253 e. The molecular formula is C23H22F2N2O. The summed E-state index contributed by atoms with van der Waals surface area (Å²) >= 11 is 0. The molecule has 0 unspecified atom stereocenters. The van der Waals surface area contributed by atoms with E-state index in [0.717, 1.165) is 17.2 Å². The summed E-state index contributed by atoms with van der Waals surface area (Å²) in [6, 6.07) is 13.8. The number of aromatic nitrogens is 1. The summed E-state index contributed by atoms with van der Waals surface area (Å²) in [7, 11) is 0. The number of hydrogen-bond donors (Lipinski definition) is 1. The van der Waals surface area contributed by atoms with Crippen LogP contribution in [0, 0.1) is 11.6 Å². The fraction of sp³-hybridized carbons (Fsp3) is 0.217. The Morgan fingerprint density at radius 3 is 2.57 bits per heavy atom. The van der Waals surface area contributed by atoms with E-state index in [-0.39, 0.29) is 11.4 Å². The molecule has 0 aliphatic heterocycles. The lowest BCUT2D eigenvalue weighted by Gasteiger charge is -2.31. The molecule has 28 heavy (non-hydrogen) atoms. The molecule has 0 saturated carbocycles. The lowest BCUT2D eigenvalue weighted by molar-refractivity contribution is 0.0905. The van der Waals surface area contributed by atoms with Gasteiger partial charge in [0.05, 0.1) is 5.56 Å². The third kappa shape index (κ3) is 4.42. The molecule has 3 rings (SSSR count). The van der Waals surface area contributed by atoms with Crippen molar-refractivity contribution in [1.29, 1.82) is 0 Å². The van der Waals surface area contributed by atoms with Crippen molar-refractivity contribution in [2.24, 2.45) is 0 Å². The summed E-state index contributed by atoms with van der Waals surface area (Å²) in [4.78, 5) is 16.8. The van der Waals surface area contributed by atoms with Gasteiger partial charge in [0.2, 0.25) is 0 Å². The number of fused-ring (bicyclic) bond motifs is 1. The second kappa shape index (κ2) is 7.89. The maximum absolute atomic E-state index is 13.8. The van der Waals surface area contributed by atoms with E-state index in [1.807, 2.05) is 44.2 Å². The summed E-state index contributed by atoms with van der Waals surface area (Å²) in [5.41, 5.74) is 1.70. The molecule has 0 bridgehead atoms. The monoisotopic (exact) mass is 380 g/mol. The number of nitrogens with zero attached hydrogens (tertiary/aromatic N) is 1. The zero-order valence-corrected chi connectivity index (χ0v) is 15.9. The fourth-order valence-electron chi connectivity index (χ4n) is 3.48. The van der Waals surface area contributed by atoms with Gasteiger partial charge in [-0.05, 0) is 50.5 Å². The number of benzene rings is 2. The van der Waals surface area contributed by atoms with Crippen LogP contribution in [-0.2, 0) is 6.42 Å². The number of rotatable bonds is 6. The lowest BCUT2D eigenvalue weighted by Crippen LogP contribution is -2.48.